The number of hydrogen-bond acceptors (Lipinski definition) is 5. The Morgan fingerprint density at radius 2 is 2.04 bits per heavy atom. The van der Waals surface area contributed by atoms with Crippen LogP contribution in [0, 0.1) is 5.92 Å². The summed E-state index contributed by atoms with van der Waals surface area (Å²) in [5, 5.41) is 0.551. The van der Waals surface area contributed by atoms with E-state index in [9.17, 15) is 13.2 Å². The fourth-order valence-electron chi connectivity index (χ4n) is 2.87. The summed E-state index contributed by atoms with van der Waals surface area (Å²) in [6, 6.07) is 9.61. The van der Waals surface area contributed by atoms with Crippen LogP contribution < -0.4 is 4.72 Å². The maximum absolute atomic E-state index is 13.0. The van der Waals surface area contributed by atoms with Crippen molar-refractivity contribution in [3.63, 3.8) is 0 Å². The number of carbonyl (C=O) groups excluding carboxylic acids is 1. The van der Waals surface area contributed by atoms with Crippen molar-refractivity contribution >= 4 is 32.7 Å². The minimum absolute atomic E-state index is 0.148. The van der Waals surface area contributed by atoms with Crippen LogP contribution in [0.15, 0.2) is 53.7 Å². The number of methoxy groups -OCH3 is 1. The molecule has 2 heterocycles. The van der Waals surface area contributed by atoms with Gasteiger partial charge in [-0.1, -0.05) is 19.9 Å². The van der Waals surface area contributed by atoms with Gasteiger partial charge in [-0.25, -0.2) is 18.2 Å². The van der Waals surface area contributed by atoms with Gasteiger partial charge in [-0.3, -0.25) is 4.72 Å². The largest absolute Gasteiger partial charge is 0.465 e. The summed E-state index contributed by atoms with van der Waals surface area (Å²) in [5.74, 6) is -0.198. The zero-order chi connectivity index (χ0) is 19.6. The Morgan fingerprint density at radius 1 is 1.26 bits per heavy atom. The minimum Gasteiger partial charge on any atom is -0.465 e. The number of fused-ring (bicyclic) bond motifs is 1. The standard InChI is InChI=1S/C19H21N3O4S/c1-13(2)11-22-12-17(16-8-5-9-20-18(16)22)27(24,25)21-15-7-4-6-14(10-15)19(23)26-3/h4-10,12-13,21H,11H2,1-3H3. The van der Waals surface area contributed by atoms with Gasteiger partial charge >= 0.3 is 5.97 Å². The van der Waals surface area contributed by atoms with Gasteiger partial charge in [0.15, 0.2) is 0 Å². The van der Waals surface area contributed by atoms with Gasteiger partial charge in [0, 0.05) is 30.0 Å². The Balaban J connectivity index is 2.02. The summed E-state index contributed by atoms with van der Waals surface area (Å²) in [5.41, 5.74) is 1.17. The average Bonchev–Trinajstić information content (AvgIpc) is 3.00. The molecule has 3 aromatic rings. The molecule has 8 heteroatoms. The highest BCUT2D eigenvalue weighted by atomic mass is 32.2. The lowest BCUT2D eigenvalue weighted by molar-refractivity contribution is 0.0601. The normalized spacial score (nSPS) is 11.7. The second kappa shape index (κ2) is 7.40. The van der Waals surface area contributed by atoms with Gasteiger partial charge in [-0.2, -0.15) is 0 Å². The van der Waals surface area contributed by atoms with Crippen molar-refractivity contribution in [2.75, 3.05) is 11.8 Å². The van der Waals surface area contributed by atoms with Crippen molar-refractivity contribution < 1.29 is 17.9 Å². The number of pyridine rings is 1. The van der Waals surface area contributed by atoms with Gasteiger partial charge < -0.3 is 9.30 Å². The summed E-state index contributed by atoms with van der Waals surface area (Å²) >= 11 is 0. The molecule has 0 saturated heterocycles. The molecule has 1 N–H and O–H groups in total. The van der Waals surface area contributed by atoms with Crippen LogP contribution in [0.25, 0.3) is 11.0 Å². The Hall–Kier alpha value is -2.87. The van der Waals surface area contributed by atoms with Gasteiger partial charge in [0.25, 0.3) is 10.0 Å². The summed E-state index contributed by atoms with van der Waals surface area (Å²) in [6.45, 7) is 4.76. The molecular formula is C19H21N3O4S. The fourth-order valence-corrected chi connectivity index (χ4v) is 4.14. The lowest BCUT2D eigenvalue weighted by Gasteiger charge is -2.08. The van der Waals surface area contributed by atoms with E-state index in [4.69, 9.17) is 0 Å². The molecular weight excluding hydrogens is 366 g/mol. The Kier molecular flexibility index (Phi) is 5.18. The second-order valence-corrected chi connectivity index (χ2v) is 8.24. The molecule has 0 bridgehead atoms. The number of nitrogens with zero attached hydrogens (tertiary/aromatic N) is 2. The number of anilines is 1. The van der Waals surface area contributed by atoms with Gasteiger partial charge in [0.05, 0.1) is 12.7 Å². The lowest BCUT2D eigenvalue weighted by Crippen LogP contribution is -2.13. The van der Waals surface area contributed by atoms with Gasteiger partial charge in [0.1, 0.15) is 10.5 Å². The van der Waals surface area contributed by atoms with E-state index in [0.717, 1.165) is 0 Å². The first-order chi connectivity index (χ1) is 12.8. The summed E-state index contributed by atoms with van der Waals surface area (Å²) in [4.78, 5) is 16.2. The summed E-state index contributed by atoms with van der Waals surface area (Å²) < 4.78 is 35.1. The van der Waals surface area contributed by atoms with E-state index in [1.807, 2.05) is 4.57 Å². The zero-order valence-electron chi connectivity index (χ0n) is 15.3. The van der Waals surface area contributed by atoms with Crippen LogP contribution in [-0.4, -0.2) is 31.0 Å². The van der Waals surface area contributed by atoms with Crippen molar-refractivity contribution in [1.82, 2.24) is 9.55 Å². The topological polar surface area (TPSA) is 90.3 Å². The van der Waals surface area contributed by atoms with Gasteiger partial charge in [0.2, 0.25) is 0 Å². The lowest BCUT2D eigenvalue weighted by atomic mass is 10.2. The van der Waals surface area contributed by atoms with Gasteiger partial charge in [-0.15, -0.1) is 0 Å². The number of nitrogens with one attached hydrogen (secondary N) is 1. The van der Waals surface area contributed by atoms with Crippen LogP contribution in [0.4, 0.5) is 5.69 Å². The maximum Gasteiger partial charge on any atom is 0.337 e. The van der Waals surface area contributed by atoms with Crippen LogP contribution in [0.1, 0.15) is 24.2 Å². The number of sulfonamides is 1. The maximum atomic E-state index is 13.0. The van der Waals surface area contributed by atoms with E-state index >= 15 is 0 Å². The van der Waals surface area contributed by atoms with Crippen LogP contribution in [0.5, 0.6) is 0 Å². The molecule has 142 valence electrons. The number of esters is 1. The van der Waals surface area contributed by atoms with E-state index in [1.54, 1.807) is 42.7 Å². The molecule has 7 nitrogen and oxygen atoms in total. The summed E-state index contributed by atoms with van der Waals surface area (Å²) in [7, 11) is -2.59. The highest BCUT2D eigenvalue weighted by Gasteiger charge is 2.22. The van der Waals surface area contributed by atoms with Crippen molar-refractivity contribution in [2.24, 2.45) is 5.92 Å². The molecule has 2 aromatic heterocycles. The first kappa shape index (κ1) is 18.9. The Labute approximate surface area is 158 Å². The number of ether oxygens (including phenoxy) is 1. The molecule has 3 rings (SSSR count). The SMILES string of the molecule is COC(=O)c1cccc(NS(=O)(=O)c2cn(CC(C)C)c3ncccc23)c1. The number of hydrogen-bond donors (Lipinski definition) is 1. The monoisotopic (exact) mass is 387 g/mol. The quantitative estimate of drug-likeness (QED) is 0.656. The minimum atomic E-state index is -3.87. The number of carbonyl (C=O) groups is 1. The first-order valence-corrected chi connectivity index (χ1v) is 9.95. The highest BCUT2D eigenvalue weighted by molar-refractivity contribution is 7.93. The third-order valence-corrected chi connectivity index (χ3v) is 5.39. The van der Waals surface area contributed by atoms with Crippen LogP contribution in [0.2, 0.25) is 0 Å². The van der Waals surface area contributed by atoms with Crippen molar-refractivity contribution in [3.05, 3.63) is 54.4 Å². The number of rotatable bonds is 6. The summed E-state index contributed by atoms with van der Waals surface area (Å²) in [6.07, 6.45) is 3.24. The van der Waals surface area contributed by atoms with Crippen molar-refractivity contribution in [3.8, 4) is 0 Å². The van der Waals surface area contributed by atoms with E-state index < -0.39 is 16.0 Å². The smallest absolute Gasteiger partial charge is 0.337 e. The van der Waals surface area contributed by atoms with E-state index in [-0.39, 0.29) is 16.1 Å². The third kappa shape index (κ3) is 3.95. The molecule has 0 atom stereocenters. The van der Waals surface area contributed by atoms with E-state index in [2.05, 4.69) is 28.3 Å². The van der Waals surface area contributed by atoms with Crippen molar-refractivity contribution in [2.45, 2.75) is 25.3 Å². The Bertz CT molecular complexity index is 1090. The second-order valence-electron chi connectivity index (χ2n) is 6.59. The van der Waals surface area contributed by atoms with Crippen molar-refractivity contribution in [1.29, 1.82) is 0 Å². The van der Waals surface area contributed by atoms with Crippen LogP contribution in [-0.2, 0) is 21.3 Å². The van der Waals surface area contributed by atoms with E-state index in [1.165, 1.54) is 13.2 Å². The molecule has 0 aliphatic heterocycles. The number of benzene rings is 1. The average molecular weight is 387 g/mol. The zero-order valence-corrected chi connectivity index (χ0v) is 16.2. The molecule has 0 amide bonds. The fraction of sp³-hybridized carbons (Fsp3) is 0.263. The molecule has 0 unspecified atom stereocenters. The molecule has 27 heavy (non-hydrogen) atoms. The predicted octanol–water partition coefficient (Wildman–Crippen LogP) is 3.28. The molecule has 0 fully saturated rings. The van der Waals surface area contributed by atoms with Crippen LogP contribution >= 0.6 is 0 Å². The molecule has 0 aliphatic carbocycles. The van der Waals surface area contributed by atoms with Crippen LogP contribution in [0.3, 0.4) is 0 Å². The Morgan fingerprint density at radius 3 is 2.74 bits per heavy atom. The number of aromatic nitrogens is 2. The van der Waals surface area contributed by atoms with E-state index in [0.29, 0.717) is 23.5 Å². The highest BCUT2D eigenvalue weighted by Crippen LogP contribution is 2.27. The third-order valence-electron chi connectivity index (χ3n) is 3.98. The molecule has 0 spiro atoms. The predicted molar refractivity (Wildman–Crippen MR) is 103 cm³/mol. The molecule has 1 aromatic carbocycles. The molecule has 0 aliphatic rings. The first-order valence-electron chi connectivity index (χ1n) is 8.47. The molecule has 0 radical (unpaired) electrons. The molecule has 0 saturated carbocycles. The van der Waals surface area contributed by atoms with Gasteiger partial charge in [-0.05, 0) is 36.2 Å².